The Labute approximate surface area is 78.8 Å². The first-order valence-corrected chi connectivity index (χ1v) is 4.05. The molecule has 1 heterocycles. The lowest BCUT2D eigenvalue weighted by Gasteiger charge is -1.87. The van der Waals surface area contributed by atoms with E-state index in [1.165, 1.54) is 18.2 Å². The van der Waals surface area contributed by atoms with Crippen molar-refractivity contribution in [2.45, 2.75) is 6.42 Å². The number of carboxylic acids is 1. The van der Waals surface area contributed by atoms with Crippen LogP contribution >= 0.6 is 0 Å². The van der Waals surface area contributed by atoms with Crippen LogP contribution in [0, 0.1) is 5.82 Å². The minimum absolute atomic E-state index is 0.228. The molecule has 0 saturated carbocycles. The standard InChI is InChI=1S/C10H7FO3/c11-8-2-1-3-9-7(8)4-6(14-9)5-10(12)13/h1-4H,5H2,(H,12,13). The van der Waals surface area contributed by atoms with Crippen molar-refractivity contribution >= 4 is 16.9 Å². The Morgan fingerprint density at radius 3 is 2.93 bits per heavy atom. The molecular formula is C10H7FO3. The molecule has 0 spiro atoms. The molecule has 4 heteroatoms. The van der Waals surface area contributed by atoms with E-state index >= 15 is 0 Å². The van der Waals surface area contributed by atoms with Crippen LogP contribution in [0.25, 0.3) is 11.0 Å². The molecule has 0 bridgehead atoms. The molecule has 0 radical (unpaired) electrons. The summed E-state index contributed by atoms with van der Waals surface area (Å²) in [4.78, 5) is 10.4. The Hall–Kier alpha value is -1.84. The third-order valence-electron chi connectivity index (χ3n) is 1.88. The van der Waals surface area contributed by atoms with Crippen LogP contribution in [0.5, 0.6) is 0 Å². The fourth-order valence-corrected chi connectivity index (χ4v) is 1.31. The zero-order valence-corrected chi connectivity index (χ0v) is 7.16. The van der Waals surface area contributed by atoms with Gasteiger partial charge in [0.1, 0.15) is 23.6 Å². The maximum absolute atomic E-state index is 13.1. The van der Waals surface area contributed by atoms with E-state index in [-0.39, 0.29) is 12.2 Å². The van der Waals surface area contributed by atoms with Gasteiger partial charge in [-0.05, 0) is 18.2 Å². The highest BCUT2D eigenvalue weighted by atomic mass is 19.1. The predicted molar refractivity (Wildman–Crippen MR) is 47.5 cm³/mol. The normalized spacial score (nSPS) is 10.6. The summed E-state index contributed by atoms with van der Waals surface area (Å²) < 4.78 is 18.3. The van der Waals surface area contributed by atoms with E-state index in [0.717, 1.165) is 0 Å². The highest BCUT2D eigenvalue weighted by Gasteiger charge is 2.09. The Morgan fingerprint density at radius 1 is 1.50 bits per heavy atom. The molecule has 1 aromatic carbocycles. The van der Waals surface area contributed by atoms with E-state index in [1.54, 1.807) is 6.07 Å². The molecule has 72 valence electrons. The number of benzene rings is 1. The number of furan rings is 1. The summed E-state index contributed by atoms with van der Waals surface area (Å²) >= 11 is 0. The number of aliphatic carboxylic acids is 1. The summed E-state index contributed by atoms with van der Waals surface area (Å²) in [5.41, 5.74) is 0.376. The SMILES string of the molecule is O=C(O)Cc1cc2c(F)cccc2o1. The Kier molecular flexibility index (Phi) is 1.96. The minimum atomic E-state index is -0.996. The molecule has 0 aliphatic rings. The van der Waals surface area contributed by atoms with Gasteiger partial charge in [-0.1, -0.05) is 6.07 Å². The summed E-state index contributed by atoms with van der Waals surface area (Å²) in [6.45, 7) is 0. The number of hydrogen-bond acceptors (Lipinski definition) is 2. The van der Waals surface area contributed by atoms with Gasteiger partial charge in [0.15, 0.2) is 0 Å². The molecule has 3 nitrogen and oxygen atoms in total. The number of carbonyl (C=O) groups is 1. The second-order valence-corrected chi connectivity index (χ2v) is 2.93. The summed E-state index contributed by atoms with van der Waals surface area (Å²) in [6, 6.07) is 5.84. The lowest BCUT2D eigenvalue weighted by Crippen LogP contribution is -1.97. The second kappa shape index (κ2) is 3.14. The molecule has 2 rings (SSSR count). The first-order valence-electron chi connectivity index (χ1n) is 4.05. The predicted octanol–water partition coefficient (Wildman–Crippen LogP) is 2.20. The summed E-state index contributed by atoms with van der Waals surface area (Å²) in [5, 5.41) is 8.83. The Morgan fingerprint density at radius 2 is 2.29 bits per heavy atom. The fraction of sp³-hybridized carbons (Fsp3) is 0.100. The average molecular weight is 194 g/mol. The molecule has 0 unspecified atom stereocenters. The number of halogens is 1. The lowest BCUT2D eigenvalue weighted by atomic mass is 10.2. The van der Waals surface area contributed by atoms with Gasteiger partial charge in [0.05, 0.1) is 5.39 Å². The van der Waals surface area contributed by atoms with Gasteiger partial charge in [-0.15, -0.1) is 0 Å². The van der Waals surface area contributed by atoms with E-state index in [1.807, 2.05) is 0 Å². The third kappa shape index (κ3) is 1.46. The molecule has 14 heavy (non-hydrogen) atoms. The van der Waals surface area contributed by atoms with Crippen molar-refractivity contribution in [2.24, 2.45) is 0 Å². The Balaban J connectivity index is 2.51. The highest BCUT2D eigenvalue weighted by molar-refractivity contribution is 5.80. The van der Waals surface area contributed by atoms with E-state index < -0.39 is 11.8 Å². The average Bonchev–Trinajstić information content (AvgIpc) is 2.47. The monoisotopic (exact) mass is 194 g/mol. The maximum Gasteiger partial charge on any atom is 0.311 e. The summed E-state index contributed by atoms with van der Waals surface area (Å²) in [5.74, 6) is -1.13. The number of carboxylic acid groups (broad SMARTS) is 1. The van der Waals surface area contributed by atoms with Crippen molar-refractivity contribution < 1.29 is 18.7 Å². The molecule has 0 fully saturated rings. The second-order valence-electron chi connectivity index (χ2n) is 2.93. The first-order chi connectivity index (χ1) is 6.66. The molecular weight excluding hydrogens is 187 g/mol. The van der Waals surface area contributed by atoms with Crippen molar-refractivity contribution in [1.82, 2.24) is 0 Å². The molecule has 0 amide bonds. The largest absolute Gasteiger partial charge is 0.481 e. The highest BCUT2D eigenvalue weighted by Crippen LogP contribution is 2.22. The van der Waals surface area contributed by atoms with E-state index in [2.05, 4.69) is 0 Å². The quantitative estimate of drug-likeness (QED) is 0.797. The van der Waals surface area contributed by atoms with Gasteiger partial charge in [0.2, 0.25) is 0 Å². The molecule has 1 N–H and O–H groups in total. The van der Waals surface area contributed by atoms with Gasteiger partial charge in [0.25, 0.3) is 0 Å². The van der Waals surface area contributed by atoms with Gasteiger partial charge < -0.3 is 9.52 Å². The summed E-state index contributed by atoms with van der Waals surface area (Å²) in [6.07, 6.45) is -0.228. The smallest absolute Gasteiger partial charge is 0.311 e. The molecule has 0 aliphatic carbocycles. The van der Waals surface area contributed by atoms with Gasteiger partial charge >= 0.3 is 5.97 Å². The van der Waals surface area contributed by atoms with Crippen molar-refractivity contribution in [3.8, 4) is 0 Å². The van der Waals surface area contributed by atoms with Crippen LogP contribution in [0.15, 0.2) is 28.7 Å². The van der Waals surface area contributed by atoms with Crippen LogP contribution in [-0.4, -0.2) is 11.1 Å². The summed E-state index contributed by atoms with van der Waals surface area (Å²) in [7, 11) is 0. The zero-order chi connectivity index (χ0) is 10.1. The third-order valence-corrected chi connectivity index (χ3v) is 1.88. The van der Waals surface area contributed by atoms with Crippen LogP contribution in [0.3, 0.4) is 0 Å². The first kappa shape index (κ1) is 8.74. The topological polar surface area (TPSA) is 50.4 Å². The van der Waals surface area contributed by atoms with Crippen molar-refractivity contribution in [3.05, 3.63) is 35.8 Å². The molecule has 2 aromatic rings. The molecule has 0 atom stereocenters. The van der Waals surface area contributed by atoms with E-state index in [0.29, 0.717) is 11.0 Å². The lowest BCUT2D eigenvalue weighted by molar-refractivity contribution is -0.136. The van der Waals surface area contributed by atoms with E-state index in [9.17, 15) is 9.18 Å². The van der Waals surface area contributed by atoms with Crippen LogP contribution < -0.4 is 0 Å². The van der Waals surface area contributed by atoms with Crippen molar-refractivity contribution in [3.63, 3.8) is 0 Å². The van der Waals surface area contributed by atoms with Crippen molar-refractivity contribution in [2.75, 3.05) is 0 Å². The van der Waals surface area contributed by atoms with Gasteiger partial charge in [-0.3, -0.25) is 4.79 Å². The van der Waals surface area contributed by atoms with Crippen LogP contribution in [0.1, 0.15) is 5.76 Å². The van der Waals surface area contributed by atoms with Crippen LogP contribution in [0.4, 0.5) is 4.39 Å². The molecule has 0 aliphatic heterocycles. The zero-order valence-electron chi connectivity index (χ0n) is 7.16. The number of fused-ring (bicyclic) bond motifs is 1. The Bertz CT molecular complexity index is 487. The molecule has 0 saturated heterocycles. The fourth-order valence-electron chi connectivity index (χ4n) is 1.31. The van der Waals surface area contributed by atoms with Crippen LogP contribution in [0.2, 0.25) is 0 Å². The van der Waals surface area contributed by atoms with Crippen LogP contribution in [-0.2, 0) is 11.2 Å². The van der Waals surface area contributed by atoms with Crippen molar-refractivity contribution in [1.29, 1.82) is 0 Å². The van der Waals surface area contributed by atoms with E-state index in [4.69, 9.17) is 9.52 Å². The number of hydrogen-bond donors (Lipinski definition) is 1. The number of rotatable bonds is 2. The van der Waals surface area contributed by atoms with Gasteiger partial charge in [-0.2, -0.15) is 0 Å². The van der Waals surface area contributed by atoms with Gasteiger partial charge in [0, 0.05) is 0 Å². The maximum atomic E-state index is 13.1. The molecule has 1 aromatic heterocycles. The minimum Gasteiger partial charge on any atom is -0.481 e. The van der Waals surface area contributed by atoms with Gasteiger partial charge in [-0.25, -0.2) is 4.39 Å².